The van der Waals surface area contributed by atoms with E-state index in [9.17, 15) is 28.5 Å². The number of unbranched alkanes of at least 4 members (excludes halogenated alkanes) is 14. The van der Waals surface area contributed by atoms with E-state index < -0.39 is 59.8 Å². The first-order chi connectivity index (χ1) is 29.6. The van der Waals surface area contributed by atoms with Crippen LogP contribution < -0.4 is 0 Å². The lowest BCUT2D eigenvalue weighted by atomic mass is 9.99. The number of ether oxygens (including phenoxy) is 4. The number of esters is 1. The number of hydrogen-bond acceptors (Lipinski definition) is 11. The fourth-order valence-corrected chi connectivity index (χ4v) is 7.08. The molecule has 6 atom stereocenters. The highest BCUT2D eigenvalue weighted by molar-refractivity contribution is 7.80. The van der Waals surface area contributed by atoms with Crippen LogP contribution in [-0.2, 0) is 38.3 Å². The molecule has 0 aromatic rings. The van der Waals surface area contributed by atoms with Crippen LogP contribution in [0.15, 0.2) is 72.9 Å². The fraction of sp³-hybridized carbons (Fsp3) is 0.729. The van der Waals surface area contributed by atoms with Gasteiger partial charge in [0.25, 0.3) is 0 Å². The van der Waals surface area contributed by atoms with E-state index in [4.69, 9.17) is 23.5 Å². The normalized spacial score (nSPS) is 20.8. The minimum Gasteiger partial charge on any atom is -0.457 e. The Morgan fingerprint density at radius 2 is 1.13 bits per heavy atom. The van der Waals surface area contributed by atoms with Crippen molar-refractivity contribution >= 4 is 16.4 Å². The standard InChI is InChI=1S/C48H82O12S/c1-3-5-7-9-11-13-15-17-19-21-22-24-26-28-30-32-34-36-38-56-40-42(41-57-48-46(52)47(60-61(53,54)55)45(51)43(39-49)59-48)58-44(50)37-35-33-31-29-27-25-23-20-18-16-14-12-10-8-6-4-2/h5,7,11,13-14,16-17,19-20,22-24,42-43,45-49,51-52H,3-4,6,8-10,12,15,18,21,25-41H2,1-2H3,(H,53,54,55)/b7-5-,13-11-,16-14-,19-17-,23-20-,24-22-. The van der Waals surface area contributed by atoms with Gasteiger partial charge >= 0.3 is 16.4 Å². The summed E-state index contributed by atoms with van der Waals surface area (Å²) in [5, 5.41) is 30.7. The Bertz CT molecular complexity index is 1340. The SMILES string of the molecule is CC/C=C\C/C=C\C/C=C\C/C=C\CCCCCCCOCC(COC1OC(CO)C(O)C(OS(=O)(=O)O)C1O)OC(=O)CCCCCCC/C=C\C/C=C\CCCCCC. The smallest absolute Gasteiger partial charge is 0.397 e. The van der Waals surface area contributed by atoms with E-state index >= 15 is 0 Å². The third-order valence-electron chi connectivity index (χ3n) is 10.1. The average Bonchev–Trinajstić information content (AvgIpc) is 3.23. The predicted molar refractivity (Wildman–Crippen MR) is 243 cm³/mol. The average molecular weight is 883 g/mol. The third-order valence-corrected chi connectivity index (χ3v) is 10.5. The van der Waals surface area contributed by atoms with Crippen molar-refractivity contribution in [3.63, 3.8) is 0 Å². The largest absolute Gasteiger partial charge is 0.457 e. The van der Waals surface area contributed by atoms with Gasteiger partial charge in [-0.15, -0.1) is 0 Å². The highest BCUT2D eigenvalue weighted by Gasteiger charge is 2.48. The molecule has 352 valence electrons. The molecule has 13 heteroatoms. The Labute approximate surface area is 369 Å². The van der Waals surface area contributed by atoms with Crippen molar-refractivity contribution < 1.29 is 56.2 Å². The summed E-state index contributed by atoms with van der Waals surface area (Å²) in [6, 6.07) is 0. The van der Waals surface area contributed by atoms with Gasteiger partial charge in [-0.1, -0.05) is 145 Å². The molecule has 1 fully saturated rings. The van der Waals surface area contributed by atoms with Crippen LogP contribution in [0.5, 0.6) is 0 Å². The van der Waals surface area contributed by atoms with Crippen molar-refractivity contribution in [2.24, 2.45) is 0 Å². The molecule has 1 aliphatic heterocycles. The van der Waals surface area contributed by atoms with Crippen molar-refractivity contribution in [3.8, 4) is 0 Å². The Balaban J connectivity index is 2.45. The van der Waals surface area contributed by atoms with Gasteiger partial charge in [-0.3, -0.25) is 9.35 Å². The molecular weight excluding hydrogens is 801 g/mol. The number of allylic oxidation sites excluding steroid dienone is 12. The summed E-state index contributed by atoms with van der Waals surface area (Å²) < 4.78 is 59.1. The van der Waals surface area contributed by atoms with Gasteiger partial charge in [0, 0.05) is 13.0 Å². The zero-order valence-corrected chi connectivity index (χ0v) is 38.3. The van der Waals surface area contributed by atoms with Gasteiger partial charge in [0.05, 0.1) is 19.8 Å². The maximum atomic E-state index is 12.9. The Hall–Kier alpha value is -2.46. The van der Waals surface area contributed by atoms with Crippen molar-refractivity contribution in [1.82, 2.24) is 0 Å². The highest BCUT2D eigenvalue weighted by Crippen LogP contribution is 2.26. The Morgan fingerprint density at radius 1 is 0.639 bits per heavy atom. The molecule has 0 amide bonds. The molecule has 4 N–H and O–H groups in total. The highest BCUT2D eigenvalue weighted by atomic mass is 32.3. The van der Waals surface area contributed by atoms with E-state index in [1.165, 1.54) is 25.7 Å². The van der Waals surface area contributed by atoms with E-state index in [0.29, 0.717) is 13.0 Å². The van der Waals surface area contributed by atoms with E-state index in [-0.39, 0.29) is 19.6 Å². The minimum absolute atomic E-state index is 0.0135. The van der Waals surface area contributed by atoms with Crippen LogP contribution in [0.25, 0.3) is 0 Å². The first kappa shape index (κ1) is 56.6. The van der Waals surface area contributed by atoms with Crippen LogP contribution in [0, 0.1) is 0 Å². The second kappa shape index (κ2) is 39.2. The zero-order valence-electron chi connectivity index (χ0n) is 37.4. The first-order valence-corrected chi connectivity index (χ1v) is 24.6. The van der Waals surface area contributed by atoms with Crippen LogP contribution in [0.3, 0.4) is 0 Å². The second-order valence-corrected chi connectivity index (χ2v) is 16.7. The van der Waals surface area contributed by atoms with Crippen LogP contribution >= 0.6 is 0 Å². The maximum absolute atomic E-state index is 12.9. The second-order valence-electron chi connectivity index (χ2n) is 15.6. The summed E-state index contributed by atoms with van der Waals surface area (Å²) in [6.07, 6.45) is 40.7. The molecule has 6 unspecified atom stereocenters. The number of rotatable bonds is 39. The molecule has 1 heterocycles. The lowest BCUT2D eigenvalue weighted by Gasteiger charge is -2.41. The number of aliphatic hydroxyl groups excluding tert-OH is 3. The zero-order chi connectivity index (χ0) is 44.7. The van der Waals surface area contributed by atoms with Crippen molar-refractivity contribution in [1.29, 1.82) is 0 Å². The van der Waals surface area contributed by atoms with Crippen LogP contribution in [-0.4, -0.2) is 97.5 Å². The third kappa shape index (κ3) is 32.8. The van der Waals surface area contributed by atoms with Crippen molar-refractivity contribution in [2.75, 3.05) is 26.4 Å². The lowest BCUT2D eigenvalue weighted by Crippen LogP contribution is -2.60. The summed E-state index contributed by atoms with van der Waals surface area (Å²) in [5.41, 5.74) is 0. The number of hydrogen-bond donors (Lipinski definition) is 4. The van der Waals surface area contributed by atoms with Gasteiger partial charge < -0.3 is 34.3 Å². The van der Waals surface area contributed by atoms with E-state index in [1.54, 1.807) is 0 Å². The first-order valence-electron chi connectivity index (χ1n) is 23.2. The van der Waals surface area contributed by atoms with Crippen molar-refractivity contribution in [2.45, 2.75) is 198 Å². The molecule has 1 aliphatic rings. The summed E-state index contributed by atoms with van der Waals surface area (Å²) >= 11 is 0. The predicted octanol–water partition coefficient (Wildman–Crippen LogP) is 9.91. The summed E-state index contributed by atoms with van der Waals surface area (Å²) in [4.78, 5) is 12.9. The van der Waals surface area contributed by atoms with Crippen LogP contribution in [0.2, 0.25) is 0 Å². The van der Waals surface area contributed by atoms with Gasteiger partial charge in [0.2, 0.25) is 0 Å². The molecule has 0 aromatic carbocycles. The summed E-state index contributed by atoms with van der Waals surface area (Å²) in [6.45, 7) is 3.78. The number of carbonyl (C=O) groups excluding carboxylic acids is 1. The van der Waals surface area contributed by atoms with Gasteiger partial charge in [0.1, 0.15) is 30.5 Å². The maximum Gasteiger partial charge on any atom is 0.397 e. The Morgan fingerprint density at radius 3 is 1.66 bits per heavy atom. The summed E-state index contributed by atoms with van der Waals surface area (Å²) in [5.74, 6) is -0.423. The molecule has 0 aromatic heterocycles. The number of carbonyl (C=O) groups is 1. The quantitative estimate of drug-likeness (QED) is 0.0199. The van der Waals surface area contributed by atoms with Gasteiger partial charge in [0.15, 0.2) is 6.29 Å². The van der Waals surface area contributed by atoms with Crippen LogP contribution in [0.4, 0.5) is 0 Å². The fourth-order valence-electron chi connectivity index (χ4n) is 6.57. The molecule has 1 saturated heterocycles. The van der Waals surface area contributed by atoms with Crippen molar-refractivity contribution in [3.05, 3.63) is 72.9 Å². The molecule has 61 heavy (non-hydrogen) atoms. The van der Waals surface area contributed by atoms with Gasteiger partial charge in [-0.2, -0.15) is 8.42 Å². The molecule has 0 spiro atoms. The van der Waals surface area contributed by atoms with Gasteiger partial charge in [-0.05, 0) is 83.5 Å². The minimum atomic E-state index is -5.07. The molecule has 1 rings (SSSR count). The van der Waals surface area contributed by atoms with Gasteiger partial charge in [-0.25, -0.2) is 4.18 Å². The molecule has 0 aliphatic carbocycles. The van der Waals surface area contributed by atoms with E-state index in [0.717, 1.165) is 109 Å². The Kier molecular flexibility index (Phi) is 36.3. The molecule has 12 nitrogen and oxygen atoms in total. The molecular formula is C48H82O12S. The van der Waals surface area contributed by atoms with Crippen LogP contribution in [0.1, 0.15) is 162 Å². The molecule has 0 saturated carbocycles. The monoisotopic (exact) mass is 883 g/mol. The topological polar surface area (TPSA) is 178 Å². The van der Waals surface area contributed by atoms with E-state index in [2.05, 4.69) is 90.9 Å². The lowest BCUT2D eigenvalue weighted by molar-refractivity contribution is -0.301. The molecule has 0 radical (unpaired) electrons. The number of aliphatic hydroxyl groups is 3. The summed E-state index contributed by atoms with van der Waals surface area (Å²) in [7, 11) is -5.07. The molecule has 0 bridgehead atoms. The van der Waals surface area contributed by atoms with E-state index in [1.807, 2.05) is 0 Å².